The Kier molecular flexibility index (Phi) is 4.39. The lowest BCUT2D eigenvalue weighted by atomic mass is 9.62. The zero-order chi connectivity index (χ0) is 18.3. The molecule has 0 heterocycles. The monoisotopic (exact) mass is 354 g/mol. The van der Waals surface area contributed by atoms with Crippen molar-refractivity contribution < 1.29 is 23.9 Å². The van der Waals surface area contributed by atoms with Crippen LogP contribution >= 0.6 is 0 Å². The summed E-state index contributed by atoms with van der Waals surface area (Å²) in [6.07, 6.45) is 5.17. The molecule has 5 rings (SSSR count). The first-order valence-electron chi connectivity index (χ1n) is 9.21. The Hall–Kier alpha value is -2.43. The number of carbonyl (C=O) groups excluding carboxylic acids is 3. The van der Waals surface area contributed by atoms with Gasteiger partial charge in [-0.1, -0.05) is 42.5 Å². The van der Waals surface area contributed by atoms with Crippen LogP contribution in [-0.4, -0.2) is 30.9 Å². The summed E-state index contributed by atoms with van der Waals surface area (Å²) in [5, 5.41) is 0. The average molecular weight is 354 g/mol. The number of carbonyl (C=O) groups is 3. The van der Waals surface area contributed by atoms with Crippen LogP contribution in [0.25, 0.3) is 0 Å². The van der Waals surface area contributed by atoms with Crippen LogP contribution in [0.15, 0.2) is 42.5 Å². The predicted molar refractivity (Wildman–Crippen MR) is 93.1 cm³/mol. The number of fused-ring (bicyclic) bond motifs is 1. The first kappa shape index (κ1) is 17.0. The van der Waals surface area contributed by atoms with E-state index >= 15 is 0 Å². The molecule has 4 aliphatic rings. The van der Waals surface area contributed by atoms with Gasteiger partial charge in [0, 0.05) is 5.56 Å². The van der Waals surface area contributed by atoms with Gasteiger partial charge in [-0.3, -0.25) is 14.4 Å². The minimum absolute atomic E-state index is 0.0127. The SMILES string of the molecule is CCOC(=O)[C@H]1[C@H]2C=C[C@@H]([C@@H]3C[C@H]23)[C@@H]1C(=O)OCC(=O)c1ccccc1. The van der Waals surface area contributed by atoms with Crippen molar-refractivity contribution in [2.75, 3.05) is 13.2 Å². The Labute approximate surface area is 152 Å². The maximum Gasteiger partial charge on any atom is 0.310 e. The molecule has 5 heteroatoms. The third kappa shape index (κ3) is 2.85. The van der Waals surface area contributed by atoms with E-state index < -0.39 is 17.8 Å². The van der Waals surface area contributed by atoms with Crippen molar-refractivity contribution in [1.82, 2.24) is 0 Å². The van der Waals surface area contributed by atoms with Gasteiger partial charge in [-0.2, -0.15) is 0 Å². The second-order valence-electron chi connectivity index (χ2n) is 7.30. The van der Waals surface area contributed by atoms with E-state index in [1.54, 1.807) is 31.2 Å². The Balaban J connectivity index is 1.47. The van der Waals surface area contributed by atoms with E-state index in [9.17, 15) is 14.4 Å². The van der Waals surface area contributed by atoms with Crippen molar-refractivity contribution in [1.29, 1.82) is 0 Å². The molecular formula is C21H22O5. The number of rotatable bonds is 6. The van der Waals surface area contributed by atoms with Crippen LogP contribution in [0, 0.1) is 35.5 Å². The third-order valence-corrected chi connectivity index (χ3v) is 5.92. The standard InChI is InChI=1S/C21H22O5/c1-2-25-20(23)18-13-8-9-14(16-10-15(13)16)19(18)21(24)26-11-17(22)12-6-4-3-5-7-12/h3-9,13-16,18-19H,2,10-11H2,1H3/t13-,14-,15+,16-,18-,19-/m0/s1. The summed E-state index contributed by atoms with van der Waals surface area (Å²) in [5.74, 6) is -1.07. The van der Waals surface area contributed by atoms with Crippen molar-refractivity contribution in [3.05, 3.63) is 48.0 Å². The first-order valence-corrected chi connectivity index (χ1v) is 9.21. The van der Waals surface area contributed by atoms with E-state index in [-0.39, 0.29) is 30.2 Å². The van der Waals surface area contributed by atoms with Crippen molar-refractivity contribution >= 4 is 17.7 Å². The Bertz CT molecular complexity index is 753. The molecule has 2 saturated carbocycles. The van der Waals surface area contributed by atoms with Crippen LogP contribution < -0.4 is 0 Å². The molecule has 0 aliphatic heterocycles. The summed E-state index contributed by atoms with van der Waals surface area (Å²) in [7, 11) is 0. The number of ketones is 1. The molecule has 0 radical (unpaired) electrons. The molecule has 0 unspecified atom stereocenters. The van der Waals surface area contributed by atoms with Crippen LogP contribution in [0.5, 0.6) is 0 Å². The molecule has 0 N–H and O–H groups in total. The summed E-state index contributed by atoms with van der Waals surface area (Å²) in [4.78, 5) is 37.5. The van der Waals surface area contributed by atoms with Gasteiger partial charge in [-0.15, -0.1) is 0 Å². The Morgan fingerprint density at radius 2 is 1.50 bits per heavy atom. The topological polar surface area (TPSA) is 69.7 Å². The van der Waals surface area contributed by atoms with E-state index in [4.69, 9.17) is 9.47 Å². The zero-order valence-corrected chi connectivity index (χ0v) is 14.7. The molecule has 1 aromatic carbocycles. The molecule has 0 amide bonds. The van der Waals surface area contributed by atoms with Crippen molar-refractivity contribution in [3.8, 4) is 0 Å². The molecule has 136 valence electrons. The molecule has 0 aromatic heterocycles. The van der Waals surface area contributed by atoms with Gasteiger partial charge in [-0.05, 0) is 37.0 Å². The Morgan fingerprint density at radius 1 is 0.923 bits per heavy atom. The molecule has 5 nitrogen and oxygen atoms in total. The van der Waals surface area contributed by atoms with E-state index in [2.05, 4.69) is 12.2 Å². The number of benzene rings is 1. The predicted octanol–water partition coefficient (Wildman–Crippen LogP) is 2.66. The van der Waals surface area contributed by atoms with Gasteiger partial charge >= 0.3 is 11.9 Å². The van der Waals surface area contributed by atoms with E-state index in [1.165, 1.54) is 0 Å². The van der Waals surface area contributed by atoms with E-state index in [0.717, 1.165) is 6.42 Å². The fourth-order valence-corrected chi connectivity index (χ4v) is 4.70. The largest absolute Gasteiger partial charge is 0.466 e. The molecule has 26 heavy (non-hydrogen) atoms. The molecule has 1 aromatic rings. The molecular weight excluding hydrogens is 332 g/mol. The average Bonchev–Trinajstić information content (AvgIpc) is 3.48. The number of esters is 2. The maximum atomic E-state index is 12.8. The summed E-state index contributed by atoms with van der Waals surface area (Å²) in [5.41, 5.74) is 0.509. The smallest absolute Gasteiger partial charge is 0.310 e. The highest BCUT2D eigenvalue weighted by Crippen LogP contribution is 2.63. The minimum Gasteiger partial charge on any atom is -0.466 e. The molecule has 2 bridgehead atoms. The number of allylic oxidation sites excluding steroid dienone is 2. The first-order chi connectivity index (χ1) is 12.6. The number of ether oxygens (including phenoxy) is 2. The van der Waals surface area contributed by atoms with Crippen LogP contribution in [-0.2, 0) is 19.1 Å². The van der Waals surface area contributed by atoms with Crippen molar-refractivity contribution in [3.63, 3.8) is 0 Å². The summed E-state index contributed by atoms with van der Waals surface area (Å²) < 4.78 is 10.6. The molecule has 0 spiro atoms. The highest BCUT2D eigenvalue weighted by atomic mass is 16.5. The number of Topliss-reactive ketones (excluding diaryl/α,β-unsaturated/α-hetero) is 1. The summed E-state index contributed by atoms with van der Waals surface area (Å²) in [6, 6.07) is 8.74. The van der Waals surface area contributed by atoms with Gasteiger partial charge < -0.3 is 9.47 Å². The van der Waals surface area contributed by atoms with Gasteiger partial charge in [0.25, 0.3) is 0 Å². The second-order valence-corrected chi connectivity index (χ2v) is 7.30. The van der Waals surface area contributed by atoms with E-state index in [1.807, 2.05) is 6.07 Å². The van der Waals surface area contributed by atoms with Crippen molar-refractivity contribution in [2.45, 2.75) is 13.3 Å². The van der Waals surface area contributed by atoms with Gasteiger partial charge in [0.05, 0.1) is 18.4 Å². The third-order valence-electron chi connectivity index (χ3n) is 5.92. The van der Waals surface area contributed by atoms with E-state index in [0.29, 0.717) is 24.0 Å². The number of hydrogen-bond donors (Lipinski definition) is 0. The highest BCUT2D eigenvalue weighted by Gasteiger charge is 2.63. The Morgan fingerprint density at radius 3 is 2.08 bits per heavy atom. The fourth-order valence-electron chi connectivity index (χ4n) is 4.70. The molecule has 2 fully saturated rings. The normalized spacial score (nSPS) is 33.3. The van der Waals surface area contributed by atoms with Gasteiger partial charge in [0.15, 0.2) is 12.4 Å². The maximum absolute atomic E-state index is 12.8. The molecule has 0 saturated heterocycles. The lowest BCUT2D eigenvalue weighted by molar-refractivity contribution is -0.167. The fraction of sp³-hybridized carbons (Fsp3) is 0.476. The van der Waals surface area contributed by atoms with Gasteiger partial charge in [0.1, 0.15) is 0 Å². The summed E-state index contributed by atoms with van der Waals surface area (Å²) in [6.45, 7) is 1.75. The molecule has 6 atom stereocenters. The van der Waals surface area contributed by atoms with Crippen LogP contribution in [0.2, 0.25) is 0 Å². The van der Waals surface area contributed by atoms with Crippen LogP contribution in [0.4, 0.5) is 0 Å². The highest BCUT2D eigenvalue weighted by molar-refractivity contribution is 5.98. The zero-order valence-electron chi connectivity index (χ0n) is 14.7. The van der Waals surface area contributed by atoms with Gasteiger partial charge in [0.2, 0.25) is 0 Å². The van der Waals surface area contributed by atoms with Crippen LogP contribution in [0.3, 0.4) is 0 Å². The quantitative estimate of drug-likeness (QED) is 0.446. The summed E-state index contributed by atoms with van der Waals surface area (Å²) >= 11 is 0. The van der Waals surface area contributed by atoms with Crippen molar-refractivity contribution in [2.24, 2.45) is 35.5 Å². The number of hydrogen-bond acceptors (Lipinski definition) is 5. The second kappa shape index (κ2) is 6.71. The lowest BCUT2D eigenvalue weighted by Gasteiger charge is -2.41. The minimum atomic E-state index is -0.545. The lowest BCUT2D eigenvalue weighted by Crippen LogP contribution is -2.48. The molecule has 4 aliphatic carbocycles. The van der Waals surface area contributed by atoms with Crippen LogP contribution in [0.1, 0.15) is 23.7 Å². The van der Waals surface area contributed by atoms with Gasteiger partial charge in [-0.25, -0.2) is 0 Å².